The summed E-state index contributed by atoms with van der Waals surface area (Å²) in [5, 5.41) is 3.11. The molecule has 25 heavy (non-hydrogen) atoms. The number of ether oxygens (including phenoxy) is 1. The first kappa shape index (κ1) is 14.4. The van der Waals surface area contributed by atoms with Crippen LogP contribution in [0.1, 0.15) is 10.4 Å². The molecule has 0 aliphatic carbocycles. The van der Waals surface area contributed by atoms with E-state index in [9.17, 15) is 0 Å². The molecule has 4 nitrogen and oxygen atoms in total. The molecule has 3 heterocycles. The van der Waals surface area contributed by atoms with E-state index >= 15 is 0 Å². The molecule has 0 bridgehead atoms. The smallest absolute Gasteiger partial charge is 0.231 e. The van der Waals surface area contributed by atoms with E-state index in [2.05, 4.69) is 29.9 Å². The standard InChI is InChI=1S/C20H14N2O2S/c1-11-12(2)25-20-18(11)19(21-10-22-20)23-13-7-8-17-15(9-13)14-5-3-4-6-16(14)24-17/h3-10H,1-2H3. The lowest BCUT2D eigenvalue weighted by atomic mass is 10.1. The molecule has 5 rings (SSSR count). The summed E-state index contributed by atoms with van der Waals surface area (Å²) in [6, 6.07) is 13.9. The van der Waals surface area contributed by atoms with E-state index in [0.29, 0.717) is 5.88 Å². The van der Waals surface area contributed by atoms with Crippen molar-refractivity contribution in [3.63, 3.8) is 0 Å². The highest BCUT2D eigenvalue weighted by Crippen LogP contribution is 2.37. The molecule has 0 saturated carbocycles. The molecule has 3 aromatic heterocycles. The van der Waals surface area contributed by atoms with Crippen LogP contribution in [0.15, 0.2) is 53.2 Å². The molecule has 0 saturated heterocycles. The van der Waals surface area contributed by atoms with Gasteiger partial charge in [-0.25, -0.2) is 9.97 Å². The van der Waals surface area contributed by atoms with Crippen LogP contribution in [-0.4, -0.2) is 9.97 Å². The zero-order valence-electron chi connectivity index (χ0n) is 13.7. The van der Waals surface area contributed by atoms with Gasteiger partial charge in [0.15, 0.2) is 0 Å². The molecular weight excluding hydrogens is 332 g/mol. The zero-order valence-corrected chi connectivity index (χ0v) is 14.6. The summed E-state index contributed by atoms with van der Waals surface area (Å²) < 4.78 is 12.0. The van der Waals surface area contributed by atoms with Crippen molar-refractivity contribution in [1.29, 1.82) is 0 Å². The molecule has 0 radical (unpaired) electrons. The van der Waals surface area contributed by atoms with Crippen molar-refractivity contribution >= 4 is 43.5 Å². The topological polar surface area (TPSA) is 48.2 Å². The summed E-state index contributed by atoms with van der Waals surface area (Å²) in [6.45, 7) is 4.17. The molecule has 122 valence electrons. The number of aromatic nitrogens is 2. The quantitative estimate of drug-likeness (QED) is 0.393. The van der Waals surface area contributed by atoms with Gasteiger partial charge in [-0.1, -0.05) is 18.2 Å². The van der Waals surface area contributed by atoms with E-state index < -0.39 is 0 Å². The second-order valence-corrected chi connectivity index (χ2v) is 7.20. The molecular formula is C20H14N2O2S. The molecule has 0 atom stereocenters. The molecule has 0 N–H and O–H groups in total. The first-order valence-corrected chi connectivity index (χ1v) is 8.82. The average molecular weight is 346 g/mol. The fourth-order valence-electron chi connectivity index (χ4n) is 3.11. The molecule has 0 unspecified atom stereocenters. The van der Waals surface area contributed by atoms with Crippen molar-refractivity contribution in [3.05, 3.63) is 59.2 Å². The highest BCUT2D eigenvalue weighted by molar-refractivity contribution is 7.18. The van der Waals surface area contributed by atoms with Gasteiger partial charge >= 0.3 is 0 Å². The molecule has 0 fully saturated rings. The number of benzene rings is 2. The van der Waals surface area contributed by atoms with Gasteiger partial charge in [0, 0.05) is 15.6 Å². The van der Waals surface area contributed by atoms with Gasteiger partial charge in [0.05, 0.1) is 5.39 Å². The Morgan fingerprint density at radius 1 is 0.960 bits per heavy atom. The third-order valence-corrected chi connectivity index (χ3v) is 5.61. The molecule has 5 heteroatoms. The lowest BCUT2D eigenvalue weighted by molar-refractivity contribution is 0.468. The maximum Gasteiger partial charge on any atom is 0.231 e. The molecule has 5 aromatic rings. The van der Waals surface area contributed by atoms with E-state index in [1.807, 2.05) is 36.4 Å². The number of hydrogen-bond acceptors (Lipinski definition) is 5. The van der Waals surface area contributed by atoms with Gasteiger partial charge in [0.2, 0.25) is 5.88 Å². The Morgan fingerprint density at radius 2 is 1.80 bits per heavy atom. The van der Waals surface area contributed by atoms with E-state index in [1.54, 1.807) is 17.7 Å². The molecule has 0 spiro atoms. The highest BCUT2D eigenvalue weighted by atomic mass is 32.1. The Hall–Kier alpha value is -2.92. The largest absolute Gasteiger partial charge is 0.456 e. The fraction of sp³-hybridized carbons (Fsp3) is 0.100. The summed E-state index contributed by atoms with van der Waals surface area (Å²) in [4.78, 5) is 10.9. The predicted molar refractivity (Wildman–Crippen MR) is 101 cm³/mol. The van der Waals surface area contributed by atoms with Crippen molar-refractivity contribution in [1.82, 2.24) is 9.97 Å². The Kier molecular flexibility index (Phi) is 3.05. The van der Waals surface area contributed by atoms with Crippen molar-refractivity contribution in [2.24, 2.45) is 0 Å². The summed E-state index contributed by atoms with van der Waals surface area (Å²) >= 11 is 1.66. The van der Waals surface area contributed by atoms with Crippen LogP contribution >= 0.6 is 11.3 Å². The van der Waals surface area contributed by atoms with Gasteiger partial charge in [0.1, 0.15) is 28.1 Å². The minimum Gasteiger partial charge on any atom is -0.456 e. The van der Waals surface area contributed by atoms with Crippen LogP contribution in [-0.2, 0) is 0 Å². The Labute approximate surface area is 147 Å². The first-order valence-electron chi connectivity index (χ1n) is 8.00. The summed E-state index contributed by atoms with van der Waals surface area (Å²) in [5.74, 6) is 1.33. The Balaban J connectivity index is 1.66. The molecule has 0 aliphatic rings. The summed E-state index contributed by atoms with van der Waals surface area (Å²) in [7, 11) is 0. The van der Waals surface area contributed by atoms with Crippen LogP contribution in [0.3, 0.4) is 0 Å². The number of furan rings is 1. The normalized spacial score (nSPS) is 11.6. The van der Waals surface area contributed by atoms with Crippen LogP contribution in [0.4, 0.5) is 0 Å². The fourth-order valence-corrected chi connectivity index (χ4v) is 4.10. The zero-order chi connectivity index (χ0) is 17.0. The number of rotatable bonds is 2. The molecule has 0 amide bonds. The highest BCUT2D eigenvalue weighted by Gasteiger charge is 2.14. The maximum absolute atomic E-state index is 6.13. The maximum atomic E-state index is 6.13. The number of fused-ring (bicyclic) bond motifs is 4. The number of thiophene rings is 1. The van der Waals surface area contributed by atoms with Crippen LogP contribution in [0.25, 0.3) is 32.2 Å². The van der Waals surface area contributed by atoms with Crippen molar-refractivity contribution in [2.75, 3.05) is 0 Å². The van der Waals surface area contributed by atoms with Crippen molar-refractivity contribution < 1.29 is 9.15 Å². The van der Waals surface area contributed by atoms with Gasteiger partial charge < -0.3 is 9.15 Å². The van der Waals surface area contributed by atoms with E-state index in [4.69, 9.17) is 9.15 Å². The minimum absolute atomic E-state index is 0.596. The average Bonchev–Trinajstić information content (AvgIpc) is 3.13. The van der Waals surface area contributed by atoms with Crippen LogP contribution < -0.4 is 4.74 Å². The Morgan fingerprint density at radius 3 is 2.72 bits per heavy atom. The van der Waals surface area contributed by atoms with E-state index in [1.165, 1.54) is 10.4 Å². The summed E-state index contributed by atoms with van der Waals surface area (Å²) in [6.07, 6.45) is 1.55. The third-order valence-electron chi connectivity index (χ3n) is 4.49. The molecule has 0 aliphatic heterocycles. The first-order chi connectivity index (χ1) is 12.2. The van der Waals surface area contributed by atoms with Gasteiger partial charge in [-0.15, -0.1) is 11.3 Å². The Bertz CT molecular complexity index is 1250. The minimum atomic E-state index is 0.596. The van der Waals surface area contributed by atoms with Gasteiger partial charge in [-0.2, -0.15) is 0 Å². The third kappa shape index (κ3) is 2.20. The van der Waals surface area contributed by atoms with Crippen molar-refractivity contribution in [3.8, 4) is 11.6 Å². The SMILES string of the molecule is Cc1sc2ncnc(Oc3ccc4oc5ccccc5c4c3)c2c1C. The second-order valence-electron chi connectivity index (χ2n) is 6.00. The van der Waals surface area contributed by atoms with Crippen LogP contribution in [0, 0.1) is 13.8 Å². The molecule has 2 aromatic carbocycles. The monoisotopic (exact) mass is 346 g/mol. The van der Waals surface area contributed by atoms with Gasteiger partial charge in [0.25, 0.3) is 0 Å². The van der Waals surface area contributed by atoms with Crippen LogP contribution in [0.2, 0.25) is 0 Å². The number of para-hydroxylation sites is 1. The lowest BCUT2D eigenvalue weighted by Gasteiger charge is -2.06. The number of hydrogen-bond donors (Lipinski definition) is 0. The van der Waals surface area contributed by atoms with Gasteiger partial charge in [-0.05, 0) is 43.7 Å². The number of aryl methyl sites for hydroxylation is 2. The summed E-state index contributed by atoms with van der Waals surface area (Å²) in [5.41, 5.74) is 2.90. The predicted octanol–water partition coefficient (Wildman–Crippen LogP) is 6.00. The second kappa shape index (κ2) is 5.29. The van der Waals surface area contributed by atoms with Gasteiger partial charge in [-0.3, -0.25) is 0 Å². The van der Waals surface area contributed by atoms with Crippen LogP contribution in [0.5, 0.6) is 11.6 Å². The number of nitrogens with zero attached hydrogens (tertiary/aromatic N) is 2. The lowest BCUT2D eigenvalue weighted by Crippen LogP contribution is -1.90. The van der Waals surface area contributed by atoms with E-state index in [0.717, 1.165) is 37.9 Å². The van der Waals surface area contributed by atoms with Crippen molar-refractivity contribution in [2.45, 2.75) is 13.8 Å². The van der Waals surface area contributed by atoms with E-state index in [-0.39, 0.29) is 0 Å².